The number of hydrogen-bond donors (Lipinski definition) is 1. The molecule has 0 radical (unpaired) electrons. The van der Waals surface area contributed by atoms with Crippen LogP contribution in [0.1, 0.15) is 44.4 Å². The Balaban J connectivity index is 2.25. The van der Waals surface area contributed by atoms with Gasteiger partial charge in [-0.2, -0.15) is 0 Å². The van der Waals surface area contributed by atoms with Gasteiger partial charge in [0.05, 0.1) is 12.2 Å². The zero-order chi connectivity index (χ0) is 13.2. The molecule has 2 atom stereocenters. The van der Waals surface area contributed by atoms with Crippen LogP contribution < -0.4 is 4.74 Å². The van der Waals surface area contributed by atoms with E-state index < -0.39 is 11.7 Å². The van der Waals surface area contributed by atoms with E-state index in [2.05, 4.69) is 0 Å². The minimum absolute atomic E-state index is 0.525. The normalized spacial score (nSPS) is 18.9. The van der Waals surface area contributed by atoms with Gasteiger partial charge in [-0.05, 0) is 43.5 Å². The van der Waals surface area contributed by atoms with E-state index in [1.165, 1.54) is 5.56 Å². The number of hydrogen-bond acceptors (Lipinski definition) is 3. The van der Waals surface area contributed by atoms with Crippen molar-refractivity contribution in [1.29, 1.82) is 0 Å². The fourth-order valence-electron chi connectivity index (χ4n) is 2.43. The first-order valence-electron chi connectivity index (χ1n) is 6.68. The molecule has 100 valence electrons. The van der Waals surface area contributed by atoms with E-state index in [4.69, 9.17) is 9.47 Å². The number of aliphatic hydroxyl groups is 1. The predicted octanol–water partition coefficient (Wildman–Crippen LogP) is 2.86. The number of rotatable bonds is 5. The molecular weight excluding hydrogens is 228 g/mol. The second-order valence-corrected chi connectivity index (χ2v) is 4.97. The molecule has 0 bridgehead atoms. The fraction of sp³-hybridized carbons (Fsp3) is 0.600. The molecule has 0 aliphatic carbocycles. The van der Waals surface area contributed by atoms with E-state index in [9.17, 15) is 5.11 Å². The lowest BCUT2D eigenvalue weighted by Gasteiger charge is -2.33. The molecule has 1 aromatic rings. The van der Waals surface area contributed by atoms with Crippen LogP contribution in [-0.4, -0.2) is 23.9 Å². The van der Waals surface area contributed by atoms with Gasteiger partial charge in [0.15, 0.2) is 0 Å². The maximum Gasteiger partial charge on any atom is 0.122 e. The first-order valence-corrected chi connectivity index (χ1v) is 6.68. The Morgan fingerprint density at radius 1 is 1.44 bits per heavy atom. The molecule has 1 aliphatic heterocycles. The van der Waals surface area contributed by atoms with Crippen molar-refractivity contribution >= 4 is 0 Å². The van der Waals surface area contributed by atoms with E-state index >= 15 is 0 Å². The van der Waals surface area contributed by atoms with Crippen LogP contribution in [0, 0.1) is 0 Å². The van der Waals surface area contributed by atoms with Crippen LogP contribution in [0.3, 0.4) is 0 Å². The lowest BCUT2D eigenvalue weighted by Crippen LogP contribution is -2.35. The average molecular weight is 250 g/mol. The summed E-state index contributed by atoms with van der Waals surface area (Å²) in [6.07, 6.45) is 1.09. The molecule has 0 saturated carbocycles. The van der Waals surface area contributed by atoms with Gasteiger partial charge in [0.25, 0.3) is 0 Å². The molecule has 3 heteroatoms. The summed E-state index contributed by atoms with van der Waals surface area (Å²) in [5, 5.41) is 10.5. The van der Waals surface area contributed by atoms with Crippen LogP contribution in [0.15, 0.2) is 18.2 Å². The molecule has 18 heavy (non-hydrogen) atoms. The van der Waals surface area contributed by atoms with Crippen molar-refractivity contribution in [3.63, 3.8) is 0 Å². The van der Waals surface area contributed by atoms with Crippen LogP contribution in [-0.2, 0) is 11.2 Å². The quantitative estimate of drug-likeness (QED) is 0.873. The van der Waals surface area contributed by atoms with E-state index in [0.29, 0.717) is 6.61 Å². The van der Waals surface area contributed by atoms with Crippen molar-refractivity contribution in [1.82, 2.24) is 0 Å². The number of benzene rings is 1. The Morgan fingerprint density at radius 2 is 2.22 bits per heavy atom. The van der Waals surface area contributed by atoms with E-state index in [0.717, 1.165) is 30.8 Å². The molecule has 2 rings (SSSR count). The average Bonchev–Trinajstić information content (AvgIpc) is 2.85. The smallest absolute Gasteiger partial charge is 0.122 e. The summed E-state index contributed by atoms with van der Waals surface area (Å²) in [4.78, 5) is 0. The monoisotopic (exact) mass is 250 g/mol. The molecule has 3 nitrogen and oxygen atoms in total. The Kier molecular flexibility index (Phi) is 3.93. The van der Waals surface area contributed by atoms with Gasteiger partial charge >= 0.3 is 0 Å². The molecule has 0 fully saturated rings. The minimum atomic E-state index is -0.603. The van der Waals surface area contributed by atoms with Crippen molar-refractivity contribution in [2.45, 2.75) is 45.3 Å². The Bertz CT molecular complexity index is 416. The summed E-state index contributed by atoms with van der Waals surface area (Å²) in [5.74, 6) is 0.945. The molecule has 1 heterocycles. The number of ether oxygens (including phenoxy) is 2. The molecule has 1 N–H and O–H groups in total. The van der Waals surface area contributed by atoms with E-state index in [1.807, 2.05) is 39.0 Å². The molecule has 1 aliphatic rings. The lowest BCUT2D eigenvalue weighted by molar-refractivity contribution is -0.113. The van der Waals surface area contributed by atoms with Crippen molar-refractivity contribution in [2.75, 3.05) is 13.2 Å². The Labute approximate surface area is 109 Å². The molecule has 1 aromatic carbocycles. The third-order valence-electron chi connectivity index (χ3n) is 3.78. The number of aliphatic hydroxyl groups excluding tert-OH is 1. The van der Waals surface area contributed by atoms with Crippen LogP contribution in [0.25, 0.3) is 0 Å². The molecule has 0 amide bonds. The summed E-state index contributed by atoms with van der Waals surface area (Å²) in [6, 6.07) is 5.92. The molecular formula is C15H22O3. The standard InChI is InChI=1S/C15H22O3/c1-4-15(3,18-5-2)14(16)12-6-7-13-11(10-12)8-9-17-13/h6-7,10,14,16H,4-5,8-9H2,1-3H3. The summed E-state index contributed by atoms with van der Waals surface area (Å²) in [6.45, 7) is 7.30. The van der Waals surface area contributed by atoms with Gasteiger partial charge in [-0.25, -0.2) is 0 Å². The maximum atomic E-state index is 10.5. The molecule has 0 aromatic heterocycles. The van der Waals surface area contributed by atoms with Gasteiger partial charge in [-0.1, -0.05) is 13.0 Å². The molecule has 0 spiro atoms. The summed E-state index contributed by atoms with van der Waals surface area (Å²) in [7, 11) is 0. The lowest BCUT2D eigenvalue weighted by atomic mass is 9.89. The minimum Gasteiger partial charge on any atom is -0.493 e. The maximum absolute atomic E-state index is 10.5. The van der Waals surface area contributed by atoms with Gasteiger partial charge < -0.3 is 14.6 Å². The summed E-state index contributed by atoms with van der Waals surface area (Å²) >= 11 is 0. The predicted molar refractivity (Wildman–Crippen MR) is 70.9 cm³/mol. The van der Waals surface area contributed by atoms with Crippen LogP contribution in [0.5, 0.6) is 5.75 Å². The zero-order valence-corrected chi connectivity index (χ0v) is 11.4. The zero-order valence-electron chi connectivity index (χ0n) is 11.4. The van der Waals surface area contributed by atoms with Gasteiger partial charge in [0.1, 0.15) is 11.9 Å². The third kappa shape index (κ3) is 2.38. The summed E-state index contributed by atoms with van der Waals surface area (Å²) in [5.41, 5.74) is 1.57. The van der Waals surface area contributed by atoms with Crippen molar-refractivity contribution in [3.05, 3.63) is 29.3 Å². The number of fused-ring (bicyclic) bond motifs is 1. The van der Waals surface area contributed by atoms with Crippen LogP contribution >= 0.6 is 0 Å². The fourth-order valence-corrected chi connectivity index (χ4v) is 2.43. The highest BCUT2D eigenvalue weighted by atomic mass is 16.5. The Hall–Kier alpha value is -1.06. The first-order chi connectivity index (χ1) is 8.60. The second kappa shape index (κ2) is 5.29. The van der Waals surface area contributed by atoms with Crippen molar-refractivity contribution in [2.24, 2.45) is 0 Å². The highest BCUT2D eigenvalue weighted by molar-refractivity contribution is 5.41. The van der Waals surface area contributed by atoms with Gasteiger partial charge in [-0.3, -0.25) is 0 Å². The highest BCUT2D eigenvalue weighted by Gasteiger charge is 2.33. The largest absolute Gasteiger partial charge is 0.493 e. The van der Waals surface area contributed by atoms with Gasteiger partial charge in [0, 0.05) is 13.0 Å². The molecule has 2 unspecified atom stereocenters. The third-order valence-corrected chi connectivity index (χ3v) is 3.78. The molecule has 0 saturated heterocycles. The first kappa shape index (κ1) is 13.4. The SMILES string of the molecule is CCOC(C)(CC)C(O)c1ccc2c(c1)CCO2. The van der Waals surface area contributed by atoms with Gasteiger partial charge in [0.2, 0.25) is 0 Å². The second-order valence-electron chi connectivity index (χ2n) is 4.97. The van der Waals surface area contributed by atoms with Crippen LogP contribution in [0.2, 0.25) is 0 Å². The van der Waals surface area contributed by atoms with E-state index in [-0.39, 0.29) is 0 Å². The van der Waals surface area contributed by atoms with E-state index in [1.54, 1.807) is 0 Å². The van der Waals surface area contributed by atoms with Gasteiger partial charge in [-0.15, -0.1) is 0 Å². The van der Waals surface area contributed by atoms with Crippen molar-refractivity contribution in [3.8, 4) is 5.75 Å². The Morgan fingerprint density at radius 3 is 2.89 bits per heavy atom. The van der Waals surface area contributed by atoms with Crippen LogP contribution in [0.4, 0.5) is 0 Å². The highest BCUT2D eigenvalue weighted by Crippen LogP contribution is 2.35. The topological polar surface area (TPSA) is 38.7 Å². The van der Waals surface area contributed by atoms with Crippen molar-refractivity contribution < 1.29 is 14.6 Å². The summed E-state index contributed by atoms with van der Waals surface area (Å²) < 4.78 is 11.2.